The van der Waals surface area contributed by atoms with Gasteiger partial charge in [-0.05, 0) is 37.8 Å². The molecule has 0 amide bonds. The number of anilines is 1. The van der Waals surface area contributed by atoms with Crippen molar-refractivity contribution in [1.82, 2.24) is 15.5 Å². The van der Waals surface area contributed by atoms with Gasteiger partial charge in [0.05, 0.1) is 0 Å². The summed E-state index contributed by atoms with van der Waals surface area (Å²) >= 11 is 0. The zero-order valence-electron chi connectivity index (χ0n) is 9.85. The van der Waals surface area contributed by atoms with Crippen LogP contribution in [0.25, 0.3) is 0 Å². The van der Waals surface area contributed by atoms with Gasteiger partial charge in [0.25, 0.3) is 0 Å². The van der Waals surface area contributed by atoms with E-state index in [4.69, 9.17) is 0 Å². The smallest absolute Gasteiger partial charge is 0.151 e. The Hall–Kier alpha value is -1.16. The quantitative estimate of drug-likeness (QED) is 0.760. The number of nitrogens with one attached hydrogen (secondary N) is 1. The fraction of sp³-hybridized carbons (Fsp3) is 0.667. The molecule has 1 N–H and O–H groups in total. The lowest BCUT2D eigenvalue weighted by Gasteiger charge is -2.36. The van der Waals surface area contributed by atoms with Crippen molar-refractivity contribution in [2.45, 2.75) is 19.4 Å². The molecule has 0 saturated carbocycles. The van der Waals surface area contributed by atoms with Gasteiger partial charge in [-0.3, -0.25) is 0 Å². The van der Waals surface area contributed by atoms with Gasteiger partial charge in [-0.1, -0.05) is 0 Å². The van der Waals surface area contributed by atoms with Gasteiger partial charge >= 0.3 is 0 Å². The fourth-order valence-electron chi connectivity index (χ4n) is 3.25. The highest BCUT2D eigenvalue weighted by Gasteiger charge is 2.49. The molecule has 0 bridgehead atoms. The van der Waals surface area contributed by atoms with Gasteiger partial charge in [-0.2, -0.15) is 5.10 Å². The maximum absolute atomic E-state index is 4.24. The standard InChI is InChI=1S/C12H18N4/c1-12(2)10-7-13-6-9(10)8-16(12)11-4-3-5-14-15-11/h3-5,9-10,13H,6-8H2,1-2H3. The summed E-state index contributed by atoms with van der Waals surface area (Å²) in [5, 5.41) is 11.7. The van der Waals surface area contributed by atoms with Crippen LogP contribution >= 0.6 is 0 Å². The predicted molar refractivity (Wildman–Crippen MR) is 63.3 cm³/mol. The van der Waals surface area contributed by atoms with E-state index in [1.807, 2.05) is 6.07 Å². The van der Waals surface area contributed by atoms with Crippen LogP contribution in [-0.4, -0.2) is 35.4 Å². The Morgan fingerprint density at radius 3 is 3.00 bits per heavy atom. The number of aromatic nitrogens is 2. The summed E-state index contributed by atoms with van der Waals surface area (Å²) in [7, 11) is 0. The first-order chi connectivity index (χ1) is 7.69. The van der Waals surface area contributed by atoms with Crippen molar-refractivity contribution >= 4 is 5.82 Å². The van der Waals surface area contributed by atoms with Crippen LogP contribution in [0.15, 0.2) is 18.3 Å². The van der Waals surface area contributed by atoms with E-state index < -0.39 is 0 Å². The summed E-state index contributed by atoms with van der Waals surface area (Å²) in [6.45, 7) is 8.02. The van der Waals surface area contributed by atoms with Crippen molar-refractivity contribution in [3.63, 3.8) is 0 Å². The van der Waals surface area contributed by atoms with Crippen molar-refractivity contribution in [1.29, 1.82) is 0 Å². The molecule has 2 unspecified atom stereocenters. The second kappa shape index (κ2) is 3.42. The Bertz CT molecular complexity index is 376. The van der Waals surface area contributed by atoms with Crippen molar-refractivity contribution < 1.29 is 0 Å². The molecule has 0 aromatic carbocycles. The third kappa shape index (κ3) is 1.33. The summed E-state index contributed by atoms with van der Waals surface area (Å²) in [5.74, 6) is 2.51. The minimum Gasteiger partial charge on any atom is -0.349 e. The largest absolute Gasteiger partial charge is 0.349 e. The van der Waals surface area contributed by atoms with Crippen LogP contribution in [0, 0.1) is 11.8 Å². The van der Waals surface area contributed by atoms with Gasteiger partial charge in [-0.15, -0.1) is 5.10 Å². The summed E-state index contributed by atoms with van der Waals surface area (Å²) in [6.07, 6.45) is 1.73. The SMILES string of the molecule is CC1(C)C2CNCC2CN1c1cccnn1. The lowest BCUT2D eigenvalue weighted by atomic mass is 9.85. The topological polar surface area (TPSA) is 41.0 Å². The molecule has 2 saturated heterocycles. The number of hydrogen-bond donors (Lipinski definition) is 1. The van der Waals surface area contributed by atoms with Crippen LogP contribution < -0.4 is 10.2 Å². The van der Waals surface area contributed by atoms with E-state index in [0.717, 1.165) is 37.3 Å². The van der Waals surface area contributed by atoms with Gasteiger partial charge in [-0.25, -0.2) is 0 Å². The van der Waals surface area contributed by atoms with Crippen LogP contribution in [0.2, 0.25) is 0 Å². The Balaban J connectivity index is 1.93. The van der Waals surface area contributed by atoms with Gasteiger partial charge in [0.15, 0.2) is 5.82 Å². The first-order valence-corrected chi connectivity index (χ1v) is 5.95. The van der Waals surface area contributed by atoms with Gasteiger partial charge in [0.2, 0.25) is 0 Å². The summed E-state index contributed by atoms with van der Waals surface area (Å²) in [6, 6.07) is 4.02. The minimum atomic E-state index is 0.185. The summed E-state index contributed by atoms with van der Waals surface area (Å²) in [4.78, 5) is 2.41. The van der Waals surface area contributed by atoms with Crippen LogP contribution in [0.3, 0.4) is 0 Å². The molecule has 0 radical (unpaired) electrons. The van der Waals surface area contributed by atoms with Crippen LogP contribution in [0.5, 0.6) is 0 Å². The molecular formula is C12H18N4. The lowest BCUT2D eigenvalue weighted by molar-refractivity contribution is 0.355. The van der Waals surface area contributed by atoms with E-state index in [9.17, 15) is 0 Å². The number of fused-ring (bicyclic) bond motifs is 1. The van der Waals surface area contributed by atoms with E-state index in [-0.39, 0.29) is 5.54 Å². The summed E-state index contributed by atoms with van der Waals surface area (Å²) < 4.78 is 0. The molecule has 0 aliphatic carbocycles. The monoisotopic (exact) mass is 218 g/mol. The highest BCUT2D eigenvalue weighted by molar-refractivity contribution is 5.43. The first kappa shape index (κ1) is 10.0. The van der Waals surface area contributed by atoms with E-state index in [1.165, 1.54) is 0 Å². The van der Waals surface area contributed by atoms with Gasteiger partial charge in [0.1, 0.15) is 0 Å². The molecule has 3 rings (SSSR count). The molecule has 86 valence electrons. The van der Waals surface area contributed by atoms with Crippen LogP contribution in [-0.2, 0) is 0 Å². The molecule has 2 atom stereocenters. The predicted octanol–water partition coefficient (Wildman–Crippen LogP) is 0.911. The fourth-order valence-corrected chi connectivity index (χ4v) is 3.25. The molecule has 2 fully saturated rings. The number of rotatable bonds is 1. The number of hydrogen-bond acceptors (Lipinski definition) is 4. The molecule has 2 aliphatic heterocycles. The van der Waals surface area contributed by atoms with E-state index >= 15 is 0 Å². The molecule has 16 heavy (non-hydrogen) atoms. The molecular weight excluding hydrogens is 200 g/mol. The molecule has 1 aromatic heterocycles. The van der Waals surface area contributed by atoms with Crippen molar-refractivity contribution in [3.05, 3.63) is 18.3 Å². The highest BCUT2D eigenvalue weighted by Crippen LogP contribution is 2.42. The van der Waals surface area contributed by atoms with Gasteiger partial charge in [0, 0.05) is 31.4 Å². The Morgan fingerprint density at radius 1 is 1.44 bits per heavy atom. The van der Waals surface area contributed by atoms with E-state index in [2.05, 4.69) is 40.3 Å². The summed E-state index contributed by atoms with van der Waals surface area (Å²) in [5.41, 5.74) is 0.185. The van der Waals surface area contributed by atoms with Crippen LogP contribution in [0.4, 0.5) is 5.82 Å². The Labute approximate surface area is 96.1 Å². The molecule has 1 aromatic rings. The molecule has 4 heteroatoms. The first-order valence-electron chi connectivity index (χ1n) is 5.95. The van der Waals surface area contributed by atoms with Gasteiger partial charge < -0.3 is 10.2 Å². The molecule has 4 nitrogen and oxygen atoms in total. The molecule has 2 aliphatic rings. The molecule has 0 spiro atoms. The lowest BCUT2D eigenvalue weighted by Crippen LogP contribution is -2.45. The van der Waals surface area contributed by atoms with Crippen LogP contribution in [0.1, 0.15) is 13.8 Å². The molecule has 3 heterocycles. The highest BCUT2D eigenvalue weighted by atomic mass is 15.3. The van der Waals surface area contributed by atoms with E-state index in [0.29, 0.717) is 0 Å². The van der Waals surface area contributed by atoms with Crippen molar-refractivity contribution in [2.24, 2.45) is 11.8 Å². The van der Waals surface area contributed by atoms with Crippen molar-refractivity contribution in [2.75, 3.05) is 24.5 Å². The Kier molecular flexibility index (Phi) is 2.14. The van der Waals surface area contributed by atoms with E-state index in [1.54, 1.807) is 6.20 Å². The normalized spacial score (nSPS) is 31.8. The average Bonchev–Trinajstić information content (AvgIpc) is 2.83. The number of nitrogens with zero attached hydrogens (tertiary/aromatic N) is 3. The maximum atomic E-state index is 4.24. The maximum Gasteiger partial charge on any atom is 0.151 e. The zero-order valence-corrected chi connectivity index (χ0v) is 9.85. The minimum absolute atomic E-state index is 0.185. The third-order valence-electron chi connectivity index (χ3n) is 4.19. The van der Waals surface area contributed by atoms with Crippen molar-refractivity contribution in [3.8, 4) is 0 Å². The third-order valence-corrected chi connectivity index (χ3v) is 4.19. The Morgan fingerprint density at radius 2 is 2.31 bits per heavy atom. The average molecular weight is 218 g/mol. The second-order valence-corrected chi connectivity index (χ2v) is 5.37. The second-order valence-electron chi connectivity index (χ2n) is 5.37. The zero-order chi connectivity index (χ0) is 11.2.